The number of halogens is 1. The predicted octanol–water partition coefficient (Wildman–Crippen LogP) is -2.47. The van der Waals surface area contributed by atoms with E-state index in [0.29, 0.717) is 6.61 Å². The monoisotopic (exact) mass is 310 g/mol. The summed E-state index contributed by atoms with van der Waals surface area (Å²) < 4.78 is 8.95. The lowest BCUT2D eigenvalue weighted by molar-refractivity contribution is -0.693. The van der Waals surface area contributed by atoms with Gasteiger partial charge in [-0.25, -0.2) is 9.13 Å². The SMILES string of the molecule is CCOC(C=O)n1cc[n+](CC)c1.[I-]. The third-order valence-electron chi connectivity index (χ3n) is 1.82. The molecule has 0 aliphatic heterocycles. The quantitative estimate of drug-likeness (QED) is 0.343. The molecule has 1 aromatic rings. The normalized spacial score (nSPS) is 11.9. The van der Waals surface area contributed by atoms with Crippen molar-refractivity contribution in [3.05, 3.63) is 18.7 Å². The summed E-state index contributed by atoms with van der Waals surface area (Å²) in [4.78, 5) is 10.6. The number of aromatic nitrogens is 2. The van der Waals surface area contributed by atoms with Crippen LogP contribution in [-0.2, 0) is 16.1 Å². The molecule has 0 radical (unpaired) electrons. The Morgan fingerprint density at radius 1 is 1.57 bits per heavy atom. The van der Waals surface area contributed by atoms with Crippen molar-refractivity contribution in [1.29, 1.82) is 0 Å². The number of rotatable bonds is 5. The fourth-order valence-corrected chi connectivity index (χ4v) is 1.11. The predicted molar refractivity (Wildman–Crippen MR) is 47.0 cm³/mol. The van der Waals surface area contributed by atoms with Crippen LogP contribution in [0, 0.1) is 0 Å². The first-order chi connectivity index (χ1) is 6.31. The summed E-state index contributed by atoms with van der Waals surface area (Å²) in [5.41, 5.74) is 0. The molecule has 5 heteroatoms. The molecule has 0 saturated carbocycles. The van der Waals surface area contributed by atoms with Gasteiger partial charge in [0.25, 0.3) is 6.23 Å². The van der Waals surface area contributed by atoms with E-state index in [1.807, 2.05) is 37.1 Å². The summed E-state index contributed by atoms with van der Waals surface area (Å²) >= 11 is 0. The van der Waals surface area contributed by atoms with Crippen LogP contribution in [0.4, 0.5) is 0 Å². The van der Waals surface area contributed by atoms with Crippen LogP contribution in [0.5, 0.6) is 0 Å². The number of ether oxygens (including phenoxy) is 1. The van der Waals surface area contributed by atoms with E-state index >= 15 is 0 Å². The van der Waals surface area contributed by atoms with Crippen molar-refractivity contribution in [2.45, 2.75) is 26.6 Å². The van der Waals surface area contributed by atoms with Crippen molar-refractivity contribution in [3.63, 3.8) is 0 Å². The molecule has 0 bridgehead atoms. The minimum atomic E-state index is -0.488. The molecule has 1 atom stereocenters. The molecule has 1 unspecified atom stereocenters. The second-order valence-electron chi connectivity index (χ2n) is 2.67. The number of aryl methyl sites for hydroxylation is 1. The van der Waals surface area contributed by atoms with Crippen LogP contribution in [0.3, 0.4) is 0 Å². The average Bonchev–Trinajstić information content (AvgIpc) is 2.62. The van der Waals surface area contributed by atoms with Crippen LogP contribution >= 0.6 is 0 Å². The molecular weight excluding hydrogens is 295 g/mol. The average molecular weight is 310 g/mol. The highest BCUT2D eigenvalue weighted by atomic mass is 127. The van der Waals surface area contributed by atoms with Gasteiger partial charge in [-0.3, -0.25) is 4.79 Å². The first-order valence-corrected chi connectivity index (χ1v) is 4.45. The maximum atomic E-state index is 10.6. The van der Waals surface area contributed by atoms with Crippen LogP contribution in [0.1, 0.15) is 20.1 Å². The van der Waals surface area contributed by atoms with Crippen LogP contribution in [0.2, 0.25) is 0 Å². The lowest BCUT2D eigenvalue weighted by Gasteiger charge is -2.04. The zero-order valence-corrected chi connectivity index (χ0v) is 10.5. The molecule has 0 amide bonds. The Morgan fingerprint density at radius 3 is 2.71 bits per heavy atom. The summed E-state index contributed by atoms with van der Waals surface area (Å²) in [6, 6.07) is 0. The molecule has 0 saturated heterocycles. The van der Waals surface area contributed by atoms with Gasteiger partial charge in [-0.1, -0.05) is 0 Å². The van der Waals surface area contributed by atoms with Crippen LogP contribution in [0.15, 0.2) is 18.7 Å². The standard InChI is InChI=1S/C9H15N2O2.HI/c1-3-10-5-6-11(8-10)9(7-12)13-4-2;/h5-9H,3-4H2,1-2H3;1H/q+1;/p-1. The number of aldehydes is 1. The highest BCUT2D eigenvalue weighted by Crippen LogP contribution is 2.02. The zero-order valence-electron chi connectivity index (χ0n) is 8.39. The van der Waals surface area contributed by atoms with E-state index in [9.17, 15) is 4.79 Å². The summed E-state index contributed by atoms with van der Waals surface area (Å²) in [6.45, 7) is 5.34. The lowest BCUT2D eigenvalue weighted by Crippen LogP contribution is -3.00. The van der Waals surface area contributed by atoms with E-state index in [1.54, 1.807) is 4.57 Å². The first kappa shape index (κ1) is 13.6. The van der Waals surface area contributed by atoms with E-state index in [2.05, 4.69) is 0 Å². The molecule has 4 nitrogen and oxygen atoms in total. The number of hydrogen-bond acceptors (Lipinski definition) is 2. The highest BCUT2D eigenvalue weighted by molar-refractivity contribution is 5.53. The van der Waals surface area contributed by atoms with E-state index < -0.39 is 6.23 Å². The van der Waals surface area contributed by atoms with Crippen molar-refractivity contribution >= 4 is 6.29 Å². The second kappa shape index (κ2) is 6.94. The van der Waals surface area contributed by atoms with Gasteiger partial charge in [0, 0.05) is 6.61 Å². The van der Waals surface area contributed by atoms with E-state index in [-0.39, 0.29) is 24.0 Å². The van der Waals surface area contributed by atoms with Gasteiger partial charge in [0.05, 0.1) is 6.54 Å². The second-order valence-corrected chi connectivity index (χ2v) is 2.67. The summed E-state index contributed by atoms with van der Waals surface area (Å²) in [7, 11) is 0. The topological polar surface area (TPSA) is 35.1 Å². The van der Waals surface area contributed by atoms with Crippen molar-refractivity contribution in [1.82, 2.24) is 4.57 Å². The van der Waals surface area contributed by atoms with Crippen molar-refractivity contribution in [2.75, 3.05) is 6.61 Å². The zero-order chi connectivity index (χ0) is 9.68. The first-order valence-electron chi connectivity index (χ1n) is 4.45. The summed E-state index contributed by atoms with van der Waals surface area (Å²) in [5.74, 6) is 0. The third-order valence-corrected chi connectivity index (χ3v) is 1.82. The Hall–Kier alpha value is -0.430. The molecule has 1 aromatic heterocycles. The molecule has 14 heavy (non-hydrogen) atoms. The Balaban J connectivity index is 0.00000169. The minimum absolute atomic E-state index is 0. The van der Waals surface area contributed by atoms with Crippen molar-refractivity contribution in [2.24, 2.45) is 0 Å². The fourth-order valence-electron chi connectivity index (χ4n) is 1.11. The molecule has 1 heterocycles. The Morgan fingerprint density at radius 2 is 2.29 bits per heavy atom. The Bertz CT molecular complexity index is 276. The van der Waals surface area contributed by atoms with Crippen LogP contribution in [-0.4, -0.2) is 17.5 Å². The molecule has 0 N–H and O–H groups in total. The Kier molecular flexibility index (Phi) is 6.73. The van der Waals surface area contributed by atoms with Crippen molar-refractivity contribution in [3.8, 4) is 0 Å². The molecule has 0 fully saturated rings. The maximum absolute atomic E-state index is 10.6. The summed E-state index contributed by atoms with van der Waals surface area (Å²) in [5, 5.41) is 0. The molecule has 1 rings (SSSR count). The van der Waals surface area contributed by atoms with E-state index in [4.69, 9.17) is 4.74 Å². The van der Waals surface area contributed by atoms with Crippen LogP contribution < -0.4 is 28.5 Å². The van der Waals surface area contributed by atoms with Gasteiger partial charge in [0.15, 0.2) is 6.29 Å². The van der Waals surface area contributed by atoms with E-state index in [1.165, 1.54) is 0 Å². The number of nitrogens with zero attached hydrogens (tertiary/aromatic N) is 2. The van der Waals surface area contributed by atoms with E-state index in [0.717, 1.165) is 12.8 Å². The minimum Gasteiger partial charge on any atom is -1.00 e. The van der Waals surface area contributed by atoms with Gasteiger partial charge in [0.1, 0.15) is 12.4 Å². The van der Waals surface area contributed by atoms with Gasteiger partial charge in [0.2, 0.25) is 6.33 Å². The van der Waals surface area contributed by atoms with Crippen molar-refractivity contribution < 1.29 is 38.1 Å². The number of imidazole rings is 1. The largest absolute Gasteiger partial charge is 1.00 e. The summed E-state index contributed by atoms with van der Waals surface area (Å²) in [6.07, 6.45) is 5.91. The smallest absolute Gasteiger partial charge is 0.259 e. The molecule has 0 aliphatic carbocycles. The molecule has 0 aromatic carbocycles. The molecule has 0 aliphatic rings. The Labute approximate surface area is 101 Å². The molecule has 80 valence electrons. The van der Waals surface area contributed by atoms with Crippen LogP contribution in [0.25, 0.3) is 0 Å². The van der Waals surface area contributed by atoms with Gasteiger partial charge in [-0.15, -0.1) is 0 Å². The number of hydrogen-bond donors (Lipinski definition) is 0. The fraction of sp³-hybridized carbons (Fsp3) is 0.556. The third kappa shape index (κ3) is 3.38. The number of carbonyl (C=O) groups is 1. The van der Waals surface area contributed by atoms with Gasteiger partial charge < -0.3 is 28.7 Å². The maximum Gasteiger partial charge on any atom is 0.259 e. The van der Waals surface area contributed by atoms with Gasteiger partial charge in [-0.2, -0.15) is 0 Å². The lowest BCUT2D eigenvalue weighted by atomic mass is 10.6. The highest BCUT2D eigenvalue weighted by Gasteiger charge is 2.14. The van der Waals surface area contributed by atoms with Gasteiger partial charge >= 0.3 is 0 Å². The molecule has 0 spiro atoms. The number of carbonyl (C=O) groups excluding carboxylic acids is 1. The molecular formula is C9H15IN2O2. The van der Waals surface area contributed by atoms with Gasteiger partial charge in [-0.05, 0) is 13.8 Å².